The molecule has 1 aliphatic heterocycles. The van der Waals surface area contributed by atoms with Crippen LogP contribution in [0.3, 0.4) is 0 Å². The summed E-state index contributed by atoms with van der Waals surface area (Å²) in [6.07, 6.45) is 3.17. The molecule has 9 nitrogen and oxygen atoms in total. The third kappa shape index (κ3) is 8.12. The van der Waals surface area contributed by atoms with E-state index in [4.69, 9.17) is 10.5 Å². The van der Waals surface area contributed by atoms with Crippen molar-refractivity contribution in [2.75, 3.05) is 18.8 Å². The van der Waals surface area contributed by atoms with Crippen LogP contribution in [0.2, 0.25) is 0 Å². The fourth-order valence-corrected chi connectivity index (χ4v) is 6.01. The smallest absolute Gasteiger partial charge is 0.320 e. The maximum Gasteiger partial charge on any atom is 0.320 e. The van der Waals surface area contributed by atoms with Crippen molar-refractivity contribution in [3.8, 4) is 0 Å². The van der Waals surface area contributed by atoms with Gasteiger partial charge in [-0.1, -0.05) is 72.8 Å². The van der Waals surface area contributed by atoms with Gasteiger partial charge in [-0.15, -0.1) is 0 Å². The van der Waals surface area contributed by atoms with Crippen LogP contribution in [-0.2, 0) is 25.7 Å². The molecule has 2 atom stereocenters. The van der Waals surface area contributed by atoms with Crippen molar-refractivity contribution in [2.45, 2.75) is 63.8 Å². The second-order valence-electron chi connectivity index (χ2n) is 12.5. The van der Waals surface area contributed by atoms with Gasteiger partial charge in [0.2, 0.25) is 11.8 Å². The summed E-state index contributed by atoms with van der Waals surface area (Å²) < 4.78 is 5.51. The van der Waals surface area contributed by atoms with Gasteiger partial charge < -0.3 is 10.5 Å². The van der Waals surface area contributed by atoms with Crippen LogP contribution in [-0.4, -0.2) is 58.4 Å². The van der Waals surface area contributed by atoms with Crippen LogP contribution in [0.1, 0.15) is 56.2 Å². The topological polar surface area (TPSA) is 127 Å². The molecule has 0 saturated carbocycles. The predicted molar refractivity (Wildman–Crippen MR) is 175 cm³/mol. The Morgan fingerprint density at radius 3 is 2.29 bits per heavy atom. The van der Waals surface area contributed by atoms with E-state index in [-0.39, 0.29) is 12.5 Å². The van der Waals surface area contributed by atoms with E-state index < -0.39 is 35.5 Å². The fraction of sp³-hybridized carbons (Fsp3) is 0.333. The lowest BCUT2D eigenvalue weighted by Crippen LogP contribution is -2.54. The average Bonchev–Trinajstić information content (AvgIpc) is 3.47. The van der Waals surface area contributed by atoms with E-state index in [0.29, 0.717) is 18.8 Å². The van der Waals surface area contributed by atoms with E-state index >= 15 is 0 Å². The summed E-state index contributed by atoms with van der Waals surface area (Å²) in [5, 5.41) is 7.72. The number of pyridine rings is 1. The van der Waals surface area contributed by atoms with Crippen LogP contribution in [0.25, 0.3) is 10.8 Å². The molecule has 2 amide bonds. The summed E-state index contributed by atoms with van der Waals surface area (Å²) in [6, 6.07) is 25.8. The number of amides is 2. The van der Waals surface area contributed by atoms with E-state index in [9.17, 15) is 14.4 Å². The molecule has 1 fully saturated rings. The number of carbonyl (C=O) groups is 3. The van der Waals surface area contributed by atoms with Crippen molar-refractivity contribution in [1.29, 1.82) is 0 Å². The van der Waals surface area contributed by atoms with E-state index in [1.165, 1.54) is 0 Å². The highest BCUT2D eigenvalue weighted by Crippen LogP contribution is 2.29. The van der Waals surface area contributed by atoms with Gasteiger partial charge in [0, 0.05) is 24.0 Å². The minimum Gasteiger partial charge on any atom is -0.459 e. The third-order valence-corrected chi connectivity index (χ3v) is 7.98. The van der Waals surface area contributed by atoms with Gasteiger partial charge in [0.15, 0.2) is 0 Å². The molecule has 2 heterocycles. The first-order valence-corrected chi connectivity index (χ1v) is 15.4. The van der Waals surface area contributed by atoms with E-state index in [1.807, 2.05) is 78.9 Å². The van der Waals surface area contributed by atoms with Gasteiger partial charge in [-0.05, 0) is 74.4 Å². The first-order valence-electron chi connectivity index (χ1n) is 15.4. The number of ether oxygens (including phenoxy) is 1. The van der Waals surface area contributed by atoms with Crippen molar-refractivity contribution in [1.82, 2.24) is 20.5 Å². The molecule has 9 heteroatoms. The summed E-state index contributed by atoms with van der Waals surface area (Å²) in [5.74, 6) is -1.32. The maximum atomic E-state index is 14.1. The highest BCUT2D eigenvalue weighted by Gasteiger charge is 2.36. The van der Waals surface area contributed by atoms with Crippen LogP contribution in [0, 0.1) is 0 Å². The molecule has 0 spiro atoms. The van der Waals surface area contributed by atoms with Crippen LogP contribution < -0.4 is 16.4 Å². The zero-order valence-electron chi connectivity index (χ0n) is 26.0. The molecule has 0 radical (unpaired) electrons. The standard InChI is InChI=1S/C36H41N5O4/c1-36(2,3)45-30(42)22-39-32(31(25-11-6-4-7-12-25)26-13-8-5-9-14-26)35(44)40-34(43)29-15-10-20-41(29)23-24-16-17-28-27(21-24)18-19-38-33(28)37/h4-9,11-14,16-19,21,29,31-32,39H,10,15,20,22-23H2,1-3H3,(H2,37,38)(H,40,43,44)/t29-,32+/m0/s1. The van der Waals surface area contributed by atoms with Gasteiger partial charge in [0.1, 0.15) is 11.4 Å². The van der Waals surface area contributed by atoms with Gasteiger partial charge in [0.05, 0.1) is 18.6 Å². The maximum absolute atomic E-state index is 14.1. The van der Waals surface area contributed by atoms with Gasteiger partial charge in [-0.3, -0.25) is 29.9 Å². The Hall–Kier alpha value is -4.60. The number of hydrogen-bond acceptors (Lipinski definition) is 8. The normalized spacial score (nSPS) is 16.0. The van der Waals surface area contributed by atoms with Crippen molar-refractivity contribution in [3.05, 3.63) is 108 Å². The van der Waals surface area contributed by atoms with Crippen LogP contribution >= 0.6 is 0 Å². The molecule has 1 aromatic heterocycles. The molecular weight excluding hydrogens is 566 g/mol. The number of esters is 1. The van der Waals surface area contributed by atoms with Gasteiger partial charge >= 0.3 is 5.97 Å². The van der Waals surface area contributed by atoms with Crippen LogP contribution in [0.5, 0.6) is 0 Å². The molecule has 234 valence electrons. The molecule has 0 unspecified atom stereocenters. The second-order valence-corrected chi connectivity index (χ2v) is 12.5. The zero-order chi connectivity index (χ0) is 32.0. The molecule has 4 aromatic rings. The molecule has 5 rings (SSSR count). The van der Waals surface area contributed by atoms with E-state index in [0.717, 1.165) is 40.4 Å². The van der Waals surface area contributed by atoms with E-state index in [2.05, 4.69) is 26.6 Å². The first kappa shape index (κ1) is 31.8. The summed E-state index contributed by atoms with van der Waals surface area (Å²) in [5.41, 5.74) is 8.15. The van der Waals surface area contributed by atoms with Crippen molar-refractivity contribution >= 4 is 34.4 Å². The number of hydrogen-bond donors (Lipinski definition) is 3. The Balaban J connectivity index is 1.37. The lowest BCUT2D eigenvalue weighted by atomic mass is 9.84. The molecule has 1 saturated heterocycles. The second kappa shape index (κ2) is 14.0. The quantitative estimate of drug-likeness (QED) is 0.224. The number of benzene rings is 3. The number of nitrogens with zero attached hydrogens (tertiary/aromatic N) is 2. The minimum atomic E-state index is -0.930. The summed E-state index contributed by atoms with van der Waals surface area (Å²) in [6.45, 7) is 6.48. The number of carbonyl (C=O) groups excluding carboxylic acids is 3. The van der Waals surface area contributed by atoms with Crippen molar-refractivity contribution in [2.24, 2.45) is 0 Å². The molecule has 0 aliphatic carbocycles. The van der Waals surface area contributed by atoms with Crippen LogP contribution in [0.15, 0.2) is 91.1 Å². The number of likely N-dealkylation sites (tertiary alicyclic amines) is 1. The Kier molecular flexibility index (Phi) is 9.90. The lowest BCUT2D eigenvalue weighted by Gasteiger charge is -2.30. The number of aromatic nitrogens is 1. The number of nitrogen functional groups attached to an aromatic ring is 1. The van der Waals surface area contributed by atoms with Gasteiger partial charge in [-0.25, -0.2) is 4.98 Å². The Labute approximate surface area is 264 Å². The molecule has 1 aliphatic rings. The molecule has 3 aromatic carbocycles. The molecule has 45 heavy (non-hydrogen) atoms. The van der Waals surface area contributed by atoms with Gasteiger partial charge in [0.25, 0.3) is 0 Å². The zero-order valence-corrected chi connectivity index (χ0v) is 26.0. The molecular formula is C36H41N5O4. The lowest BCUT2D eigenvalue weighted by molar-refractivity contribution is -0.153. The number of anilines is 1. The SMILES string of the molecule is CC(C)(C)OC(=O)CN[C@@H](C(=O)NC(=O)[C@@H]1CCCN1Cc1ccc2c(N)nccc2c1)C(c1ccccc1)c1ccccc1. The largest absolute Gasteiger partial charge is 0.459 e. The number of rotatable bonds is 10. The number of nitrogens with one attached hydrogen (secondary N) is 2. The Bertz CT molecular complexity index is 1600. The Morgan fingerprint density at radius 2 is 1.64 bits per heavy atom. The molecule has 4 N–H and O–H groups in total. The number of imide groups is 1. The van der Waals surface area contributed by atoms with E-state index in [1.54, 1.807) is 27.0 Å². The van der Waals surface area contributed by atoms with Crippen molar-refractivity contribution in [3.63, 3.8) is 0 Å². The Morgan fingerprint density at radius 1 is 0.978 bits per heavy atom. The fourth-order valence-electron chi connectivity index (χ4n) is 6.01. The first-order chi connectivity index (χ1) is 21.6. The molecule has 0 bridgehead atoms. The highest BCUT2D eigenvalue weighted by molar-refractivity contribution is 6.01. The van der Waals surface area contributed by atoms with Gasteiger partial charge in [-0.2, -0.15) is 0 Å². The average molecular weight is 608 g/mol. The van der Waals surface area contributed by atoms with Crippen LogP contribution in [0.4, 0.5) is 5.82 Å². The monoisotopic (exact) mass is 607 g/mol. The van der Waals surface area contributed by atoms with Crippen molar-refractivity contribution < 1.29 is 19.1 Å². The summed E-state index contributed by atoms with van der Waals surface area (Å²) in [7, 11) is 0. The summed E-state index contributed by atoms with van der Waals surface area (Å²) in [4.78, 5) is 46.8. The third-order valence-electron chi connectivity index (χ3n) is 7.98. The highest BCUT2D eigenvalue weighted by atomic mass is 16.6. The summed E-state index contributed by atoms with van der Waals surface area (Å²) >= 11 is 0. The number of nitrogens with two attached hydrogens (primary N) is 1. The minimum absolute atomic E-state index is 0.197. The predicted octanol–water partition coefficient (Wildman–Crippen LogP) is 4.56. The number of fused-ring (bicyclic) bond motifs is 1.